The lowest BCUT2D eigenvalue weighted by Gasteiger charge is -2.30. The largest absolute Gasteiger partial charge is 0.454 e. The topological polar surface area (TPSA) is 110 Å². The summed E-state index contributed by atoms with van der Waals surface area (Å²) in [5.74, 6) is -1.65. The Kier molecular flexibility index (Phi) is 8.83. The SMILES string of the molecule is Cc1ccc(C(=O)N[C@H](C(=O)OCC(=O)N(CC(C)C)C2CCS(=O)(=O)C2)C(C)C)cc1. The molecular weight excluding hydrogens is 432 g/mol. The predicted molar refractivity (Wildman–Crippen MR) is 122 cm³/mol. The Morgan fingerprint density at radius 2 is 1.75 bits per heavy atom. The second-order valence-electron chi connectivity index (χ2n) is 9.17. The number of carbonyl (C=O) groups is 3. The molecule has 1 N–H and O–H groups in total. The summed E-state index contributed by atoms with van der Waals surface area (Å²) in [6.45, 7) is 9.22. The fourth-order valence-corrected chi connectivity index (χ4v) is 5.33. The number of rotatable bonds is 9. The molecule has 32 heavy (non-hydrogen) atoms. The Bertz CT molecular complexity index is 924. The molecule has 178 valence electrons. The smallest absolute Gasteiger partial charge is 0.329 e. The van der Waals surface area contributed by atoms with Gasteiger partial charge in [0.15, 0.2) is 16.4 Å². The zero-order valence-corrected chi connectivity index (χ0v) is 20.3. The summed E-state index contributed by atoms with van der Waals surface area (Å²) in [6.07, 6.45) is 0.385. The van der Waals surface area contributed by atoms with Gasteiger partial charge < -0.3 is 15.0 Å². The summed E-state index contributed by atoms with van der Waals surface area (Å²) in [5.41, 5.74) is 1.44. The molecule has 8 nitrogen and oxygen atoms in total. The quantitative estimate of drug-likeness (QED) is 0.557. The van der Waals surface area contributed by atoms with Crippen molar-refractivity contribution in [2.45, 2.75) is 53.1 Å². The van der Waals surface area contributed by atoms with E-state index in [0.29, 0.717) is 18.5 Å². The number of amides is 2. The number of hydrogen-bond donors (Lipinski definition) is 1. The Hall–Kier alpha value is -2.42. The molecule has 1 aromatic carbocycles. The number of nitrogens with one attached hydrogen (secondary N) is 1. The monoisotopic (exact) mass is 466 g/mol. The maximum absolute atomic E-state index is 12.8. The van der Waals surface area contributed by atoms with Crippen LogP contribution in [0.15, 0.2) is 24.3 Å². The highest BCUT2D eigenvalue weighted by atomic mass is 32.2. The van der Waals surface area contributed by atoms with E-state index in [1.54, 1.807) is 26.0 Å². The van der Waals surface area contributed by atoms with Gasteiger partial charge in [-0.3, -0.25) is 9.59 Å². The minimum absolute atomic E-state index is 0.0554. The first-order chi connectivity index (χ1) is 14.9. The molecule has 1 aliphatic rings. The van der Waals surface area contributed by atoms with E-state index in [0.717, 1.165) is 5.56 Å². The Morgan fingerprint density at radius 1 is 1.12 bits per heavy atom. The molecule has 1 fully saturated rings. The van der Waals surface area contributed by atoms with Crippen LogP contribution in [0.1, 0.15) is 50.0 Å². The lowest BCUT2D eigenvalue weighted by molar-refractivity contribution is -0.155. The first-order valence-electron chi connectivity index (χ1n) is 10.9. The summed E-state index contributed by atoms with van der Waals surface area (Å²) in [4.78, 5) is 39.5. The normalized spacial score (nSPS) is 18.4. The van der Waals surface area contributed by atoms with Gasteiger partial charge in [0.2, 0.25) is 0 Å². The van der Waals surface area contributed by atoms with Crippen molar-refractivity contribution < 1.29 is 27.5 Å². The van der Waals surface area contributed by atoms with Crippen molar-refractivity contribution in [3.8, 4) is 0 Å². The third-order valence-corrected chi connectivity index (χ3v) is 7.14. The van der Waals surface area contributed by atoms with Gasteiger partial charge >= 0.3 is 5.97 Å². The van der Waals surface area contributed by atoms with Crippen molar-refractivity contribution in [2.75, 3.05) is 24.7 Å². The molecule has 1 heterocycles. The molecule has 0 radical (unpaired) electrons. The first-order valence-corrected chi connectivity index (χ1v) is 12.8. The number of esters is 1. The maximum atomic E-state index is 12.8. The molecule has 1 aromatic rings. The van der Waals surface area contributed by atoms with Crippen LogP contribution in [-0.2, 0) is 24.2 Å². The molecule has 1 aliphatic heterocycles. The van der Waals surface area contributed by atoms with Crippen LogP contribution in [0.2, 0.25) is 0 Å². The molecule has 0 spiro atoms. The number of sulfone groups is 1. The fraction of sp³-hybridized carbons (Fsp3) is 0.609. The molecule has 0 aliphatic carbocycles. The summed E-state index contributed by atoms with van der Waals surface area (Å²) in [6, 6.07) is 5.65. The molecule has 2 amide bonds. The first kappa shape index (κ1) is 25.8. The van der Waals surface area contributed by atoms with Crippen LogP contribution in [0, 0.1) is 18.8 Å². The highest BCUT2D eigenvalue weighted by Gasteiger charge is 2.35. The van der Waals surface area contributed by atoms with Crippen LogP contribution in [0.3, 0.4) is 0 Å². The lowest BCUT2D eigenvalue weighted by atomic mass is 10.0. The molecule has 1 saturated heterocycles. The molecule has 1 unspecified atom stereocenters. The molecule has 0 bridgehead atoms. The predicted octanol–water partition coefficient (Wildman–Crippen LogP) is 1.96. The van der Waals surface area contributed by atoms with Gasteiger partial charge in [-0.15, -0.1) is 0 Å². The fourth-order valence-electron chi connectivity index (χ4n) is 3.60. The summed E-state index contributed by atoms with van der Waals surface area (Å²) in [7, 11) is -3.16. The molecule has 2 rings (SSSR count). The van der Waals surface area contributed by atoms with E-state index < -0.39 is 46.3 Å². The highest BCUT2D eigenvalue weighted by molar-refractivity contribution is 7.91. The maximum Gasteiger partial charge on any atom is 0.329 e. The molecule has 9 heteroatoms. The molecular formula is C23H34N2O6S. The van der Waals surface area contributed by atoms with E-state index in [9.17, 15) is 22.8 Å². The van der Waals surface area contributed by atoms with E-state index in [1.807, 2.05) is 32.9 Å². The average Bonchev–Trinajstić information content (AvgIpc) is 3.07. The third-order valence-electron chi connectivity index (χ3n) is 5.39. The minimum Gasteiger partial charge on any atom is -0.454 e. The average molecular weight is 467 g/mol. The van der Waals surface area contributed by atoms with Gasteiger partial charge in [-0.25, -0.2) is 13.2 Å². The summed E-state index contributed by atoms with van der Waals surface area (Å²) in [5, 5.41) is 2.69. The number of aryl methyl sites for hydroxylation is 1. The van der Waals surface area contributed by atoms with Gasteiger partial charge in [0.25, 0.3) is 11.8 Å². The van der Waals surface area contributed by atoms with Gasteiger partial charge in [-0.2, -0.15) is 0 Å². The number of carbonyl (C=O) groups excluding carboxylic acids is 3. The van der Waals surface area contributed by atoms with Crippen LogP contribution < -0.4 is 5.32 Å². The molecule has 2 atom stereocenters. The lowest BCUT2D eigenvalue weighted by Crippen LogP contribution is -2.48. The van der Waals surface area contributed by atoms with Crippen molar-refractivity contribution in [1.82, 2.24) is 10.2 Å². The van der Waals surface area contributed by atoms with Gasteiger partial charge in [-0.05, 0) is 37.3 Å². The van der Waals surface area contributed by atoms with Gasteiger partial charge in [0.05, 0.1) is 11.5 Å². The minimum atomic E-state index is -3.16. The van der Waals surface area contributed by atoms with Crippen molar-refractivity contribution >= 4 is 27.6 Å². The highest BCUT2D eigenvalue weighted by Crippen LogP contribution is 2.19. The zero-order valence-electron chi connectivity index (χ0n) is 19.5. The van der Waals surface area contributed by atoms with E-state index in [4.69, 9.17) is 4.74 Å². The second kappa shape index (κ2) is 10.9. The second-order valence-corrected chi connectivity index (χ2v) is 11.4. The van der Waals surface area contributed by atoms with Gasteiger partial charge in [0.1, 0.15) is 6.04 Å². The summed E-state index contributed by atoms with van der Waals surface area (Å²) >= 11 is 0. The Labute approximate surface area is 190 Å². The van der Waals surface area contributed by atoms with E-state index in [1.165, 1.54) is 4.90 Å². The van der Waals surface area contributed by atoms with E-state index in [-0.39, 0.29) is 23.3 Å². The molecule has 0 aromatic heterocycles. The Morgan fingerprint density at radius 3 is 2.25 bits per heavy atom. The zero-order chi connectivity index (χ0) is 24.1. The standard InChI is InChI=1S/C23H34N2O6S/c1-15(2)12-25(19-10-11-32(29,30)14-19)20(26)13-31-23(28)21(16(3)4)24-22(27)18-8-6-17(5)7-9-18/h6-9,15-16,19,21H,10-14H2,1-5H3,(H,24,27)/t19?,21-/m0/s1. The van der Waals surface area contributed by atoms with Gasteiger partial charge in [0, 0.05) is 18.2 Å². The number of ether oxygens (including phenoxy) is 1. The number of hydrogen-bond acceptors (Lipinski definition) is 6. The van der Waals surface area contributed by atoms with Crippen LogP contribution in [0.4, 0.5) is 0 Å². The van der Waals surface area contributed by atoms with Crippen molar-refractivity contribution in [3.63, 3.8) is 0 Å². The Balaban J connectivity index is 2.01. The van der Waals surface area contributed by atoms with Crippen LogP contribution in [0.25, 0.3) is 0 Å². The molecule has 0 saturated carbocycles. The van der Waals surface area contributed by atoms with Crippen LogP contribution in [-0.4, -0.2) is 67.8 Å². The van der Waals surface area contributed by atoms with Crippen LogP contribution >= 0.6 is 0 Å². The van der Waals surface area contributed by atoms with Crippen molar-refractivity contribution in [3.05, 3.63) is 35.4 Å². The van der Waals surface area contributed by atoms with Crippen molar-refractivity contribution in [2.24, 2.45) is 11.8 Å². The third kappa shape index (κ3) is 7.32. The number of nitrogens with zero attached hydrogens (tertiary/aromatic N) is 1. The van der Waals surface area contributed by atoms with Crippen molar-refractivity contribution in [1.29, 1.82) is 0 Å². The van der Waals surface area contributed by atoms with Gasteiger partial charge in [-0.1, -0.05) is 45.4 Å². The van der Waals surface area contributed by atoms with E-state index in [2.05, 4.69) is 5.32 Å². The number of benzene rings is 1. The van der Waals surface area contributed by atoms with Crippen LogP contribution in [0.5, 0.6) is 0 Å². The van der Waals surface area contributed by atoms with E-state index >= 15 is 0 Å². The summed E-state index contributed by atoms with van der Waals surface area (Å²) < 4.78 is 29.0.